The predicted octanol–water partition coefficient (Wildman–Crippen LogP) is 6.11. The summed E-state index contributed by atoms with van der Waals surface area (Å²) >= 11 is 5.89. The third kappa shape index (κ3) is 5.34. The maximum absolute atomic E-state index is 12.7. The van der Waals surface area contributed by atoms with E-state index in [2.05, 4.69) is 16.7 Å². The third-order valence-corrected chi connectivity index (χ3v) is 5.49. The molecule has 0 saturated carbocycles. The number of aryl methyl sites for hydroxylation is 1. The highest BCUT2D eigenvalue weighted by Crippen LogP contribution is 2.24. The lowest BCUT2D eigenvalue weighted by Gasteiger charge is -2.11. The summed E-state index contributed by atoms with van der Waals surface area (Å²) in [4.78, 5) is 25.2. The van der Waals surface area contributed by atoms with Crippen LogP contribution < -0.4 is 10.6 Å². The number of hydrogen-bond donors (Lipinski definition) is 2. The number of benzene rings is 3. The summed E-state index contributed by atoms with van der Waals surface area (Å²) in [6.45, 7) is 0.581. The Morgan fingerprint density at radius 1 is 0.941 bits per heavy atom. The van der Waals surface area contributed by atoms with Crippen molar-refractivity contribution in [3.63, 3.8) is 0 Å². The number of anilines is 2. The third-order valence-electron chi connectivity index (χ3n) is 5.24. The number of rotatable bonds is 7. The van der Waals surface area contributed by atoms with Crippen LogP contribution in [0.5, 0.6) is 0 Å². The lowest BCUT2D eigenvalue weighted by Crippen LogP contribution is -2.15. The molecule has 0 fully saturated rings. The Balaban J connectivity index is 1.49. The van der Waals surface area contributed by atoms with Gasteiger partial charge in [-0.3, -0.25) is 9.59 Å². The van der Waals surface area contributed by atoms with E-state index in [4.69, 9.17) is 16.9 Å². The molecule has 7 heteroatoms. The van der Waals surface area contributed by atoms with Gasteiger partial charge in [0.25, 0.3) is 5.91 Å². The number of para-hydroxylation sites is 3. The van der Waals surface area contributed by atoms with E-state index in [1.54, 1.807) is 54.6 Å². The van der Waals surface area contributed by atoms with E-state index in [0.717, 1.165) is 16.5 Å². The highest BCUT2D eigenvalue weighted by molar-refractivity contribution is 6.30. The Bertz CT molecular complexity index is 1410. The van der Waals surface area contributed by atoms with Crippen molar-refractivity contribution in [1.82, 2.24) is 4.57 Å². The second kappa shape index (κ2) is 10.5. The van der Waals surface area contributed by atoms with Crippen LogP contribution >= 0.6 is 11.6 Å². The molecule has 4 aromatic rings. The summed E-state index contributed by atoms with van der Waals surface area (Å²) < 4.78 is 2.01. The van der Waals surface area contributed by atoms with Crippen LogP contribution in [0, 0.1) is 11.3 Å². The second-order valence-electron chi connectivity index (χ2n) is 7.53. The largest absolute Gasteiger partial charge is 0.346 e. The summed E-state index contributed by atoms with van der Waals surface area (Å²) in [6, 6.07) is 23.6. The van der Waals surface area contributed by atoms with E-state index in [-0.39, 0.29) is 11.8 Å². The van der Waals surface area contributed by atoms with Crippen LogP contribution in [0.4, 0.5) is 11.4 Å². The number of carbonyl (C=O) groups excluding carboxylic acids is 2. The minimum atomic E-state index is -0.331. The lowest BCUT2D eigenvalue weighted by atomic mass is 10.1. The number of nitrogens with one attached hydrogen (secondary N) is 2. The van der Waals surface area contributed by atoms with Crippen LogP contribution in [0.3, 0.4) is 0 Å². The Hall–Kier alpha value is -4.34. The van der Waals surface area contributed by atoms with E-state index in [1.807, 2.05) is 35.0 Å². The van der Waals surface area contributed by atoms with Gasteiger partial charge in [-0.05, 0) is 48.5 Å². The van der Waals surface area contributed by atoms with Crippen molar-refractivity contribution in [2.24, 2.45) is 0 Å². The van der Waals surface area contributed by atoms with Crippen LogP contribution in [-0.4, -0.2) is 16.4 Å². The van der Waals surface area contributed by atoms with Crippen molar-refractivity contribution < 1.29 is 9.59 Å². The van der Waals surface area contributed by atoms with E-state index < -0.39 is 0 Å². The lowest BCUT2D eigenvalue weighted by molar-refractivity contribution is -0.111. The zero-order chi connectivity index (χ0) is 23.9. The topological polar surface area (TPSA) is 86.9 Å². The Morgan fingerprint density at radius 2 is 1.62 bits per heavy atom. The molecular weight excluding hydrogens is 448 g/mol. The average molecular weight is 469 g/mol. The van der Waals surface area contributed by atoms with Gasteiger partial charge in [0.05, 0.1) is 23.9 Å². The molecule has 2 N–H and O–H groups in total. The van der Waals surface area contributed by atoms with Gasteiger partial charge in [-0.1, -0.05) is 41.9 Å². The quantitative estimate of drug-likeness (QED) is 0.321. The molecule has 0 aliphatic rings. The molecule has 0 aliphatic carbocycles. The molecule has 3 aromatic carbocycles. The molecule has 168 valence electrons. The zero-order valence-corrected chi connectivity index (χ0v) is 18.9. The van der Waals surface area contributed by atoms with E-state index in [0.29, 0.717) is 34.9 Å². The number of nitrogens with zero attached hydrogens (tertiary/aromatic N) is 2. The molecule has 0 unspecified atom stereocenters. The van der Waals surface area contributed by atoms with Crippen molar-refractivity contribution in [3.8, 4) is 6.07 Å². The van der Waals surface area contributed by atoms with Gasteiger partial charge < -0.3 is 15.2 Å². The number of halogens is 1. The van der Waals surface area contributed by atoms with Gasteiger partial charge in [0.2, 0.25) is 5.91 Å². The highest BCUT2D eigenvalue weighted by atomic mass is 35.5. The number of hydrogen-bond acceptors (Lipinski definition) is 3. The van der Waals surface area contributed by atoms with Crippen LogP contribution in [-0.2, 0) is 11.3 Å². The molecule has 0 saturated heterocycles. The molecule has 2 amide bonds. The molecule has 1 aromatic heterocycles. The number of amides is 2. The first kappa shape index (κ1) is 22.8. The second-order valence-corrected chi connectivity index (χ2v) is 7.97. The minimum Gasteiger partial charge on any atom is -0.346 e. The number of aromatic nitrogens is 1. The summed E-state index contributed by atoms with van der Waals surface area (Å²) in [5, 5.41) is 16.1. The zero-order valence-electron chi connectivity index (χ0n) is 18.2. The number of nitriles is 1. The summed E-state index contributed by atoms with van der Waals surface area (Å²) in [5.41, 5.74) is 3.31. The van der Waals surface area contributed by atoms with Crippen molar-refractivity contribution >= 4 is 51.8 Å². The first-order valence-electron chi connectivity index (χ1n) is 10.6. The molecule has 34 heavy (non-hydrogen) atoms. The molecule has 0 bridgehead atoms. The summed E-state index contributed by atoms with van der Waals surface area (Å²) in [7, 11) is 0. The Labute approximate surface area is 202 Å². The Kier molecular flexibility index (Phi) is 7.07. The van der Waals surface area contributed by atoms with Gasteiger partial charge in [0, 0.05) is 45.9 Å². The van der Waals surface area contributed by atoms with Crippen molar-refractivity contribution in [2.45, 2.75) is 13.0 Å². The first-order valence-corrected chi connectivity index (χ1v) is 11.0. The van der Waals surface area contributed by atoms with Gasteiger partial charge in [-0.2, -0.15) is 5.26 Å². The number of fused-ring (bicyclic) bond motifs is 1. The van der Waals surface area contributed by atoms with Gasteiger partial charge >= 0.3 is 0 Å². The number of carbonyl (C=O) groups is 2. The molecule has 0 radical (unpaired) electrons. The first-order chi connectivity index (χ1) is 16.5. The SMILES string of the molecule is N#CCCn1cc(/C=C/C(=O)Nc2ccccc2NC(=O)c2ccc(Cl)cc2)c2ccccc21. The van der Waals surface area contributed by atoms with Crippen molar-refractivity contribution in [3.05, 3.63) is 101 Å². The molecular formula is C27H21ClN4O2. The normalized spacial score (nSPS) is 10.8. The van der Waals surface area contributed by atoms with Gasteiger partial charge in [0.15, 0.2) is 0 Å². The summed E-state index contributed by atoms with van der Waals surface area (Å²) in [6.07, 6.45) is 5.54. The highest BCUT2D eigenvalue weighted by Gasteiger charge is 2.11. The molecule has 4 rings (SSSR count). The fraction of sp³-hybridized carbons (Fsp3) is 0.0741. The fourth-order valence-corrected chi connectivity index (χ4v) is 3.73. The van der Waals surface area contributed by atoms with Gasteiger partial charge in [-0.15, -0.1) is 0 Å². The van der Waals surface area contributed by atoms with Crippen LogP contribution in [0.25, 0.3) is 17.0 Å². The maximum Gasteiger partial charge on any atom is 0.255 e. The molecule has 1 heterocycles. The van der Waals surface area contributed by atoms with E-state index in [1.165, 1.54) is 6.08 Å². The van der Waals surface area contributed by atoms with Gasteiger partial charge in [0.1, 0.15) is 0 Å². The van der Waals surface area contributed by atoms with Gasteiger partial charge in [-0.25, -0.2) is 0 Å². The van der Waals surface area contributed by atoms with E-state index >= 15 is 0 Å². The maximum atomic E-state index is 12.7. The molecule has 0 spiro atoms. The monoisotopic (exact) mass is 468 g/mol. The molecule has 0 atom stereocenters. The average Bonchev–Trinajstić information content (AvgIpc) is 3.20. The predicted molar refractivity (Wildman–Crippen MR) is 136 cm³/mol. The smallest absolute Gasteiger partial charge is 0.255 e. The fourth-order valence-electron chi connectivity index (χ4n) is 3.60. The molecule has 0 aliphatic heterocycles. The Morgan fingerprint density at radius 3 is 2.35 bits per heavy atom. The van der Waals surface area contributed by atoms with Crippen LogP contribution in [0.1, 0.15) is 22.3 Å². The summed E-state index contributed by atoms with van der Waals surface area (Å²) in [5.74, 6) is -0.638. The van der Waals surface area contributed by atoms with Crippen molar-refractivity contribution in [1.29, 1.82) is 5.26 Å². The van der Waals surface area contributed by atoms with Crippen molar-refractivity contribution in [2.75, 3.05) is 10.6 Å². The van der Waals surface area contributed by atoms with Crippen LogP contribution in [0.2, 0.25) is 5.02 Å². The standard InChI is InChI=1S/C27H21ClN4O2/c28-21-13-10-19(11-14-21)27(34)31-24-8-3-2-7-23(24)30-26(33)15-12-20-18-32(17-5-16-29)25-9-4-1-6-22(20)25/h1-4,6-15,18H,5,17H2,(H,30,33)(H,31,34)/b15-12+. The van der Waals surface area contributed by atoms with E-state index in [9.17, 15) is 9.59 Å². The minimum absolute atomic E-state index is 0.306. The van der Waals surface area contributed by atoms with Crippen LogP contribution in [0.15, 0.2) is 85.1 Å². The molecule has 6 nitrogen and oxygen atoms in total.